The number of aryl methyl sites for hydroxylation is 1. The SMILES string of the molecule is Cn1c(=O)cc(C(=O)N(Cc2cccc(Br)c2)C2CC2)c2ccccc21. The maximum atomic E-state index is 13.4. The van der Waals surface area contributed by atoms with Crippen LogP contribution in [0.2, 0.25) is 0 Å². The summed E-state index contributed by atoms with van der Waals surface area (Å²) in [5.74, 6) is -0.0682. The first-order valence-corrected chi connectivity index (χ1v) is 9.48. The van der Waals surface area contributed by atoms with Crippen LogP contribution < -0.4 is 5.56 Å². The van der Waals surface area contributed by atoms with Gasteiger partial charge in [0.2, 0.25) is 0 Å². The Bertz CT molecular complexity index is 1050. The fraction of sp³-hybridized carbons (Fsp3) is 0.238. The minimum atomic E-state index is -0.162. The molecule has 5 heteroatoms. The summed E-state index contributed by atoms with van der Waals surface area (Å²) in [7, 11) is 1.74. The first-order valence-electron chi connectivity index (χ1n) is 8.69. The smallest absolute Gasteiger partial charge is 0.255 e. The second-order valence-corrected chi connectivity index (χ2v) is 7.68. The lowest BCUT2D eigenvalue weighted by molar-refractivity contribution is 0.0731. The third-order valence-corrected chi connectivity index (χ3v) is 5.37. The molecule has 1 aliphatic carbocycles. The lowest BCUT2D eigenvalue weighted by Gasteiger charge is -2.24. The van der Waals surface area contributed by atoms with E-state index in [1.54, 1.807) is 11.6 Å². The number of nitrogens with zero attached hydrogens (tertiary/aromatic N) is 2. The molecule has 4 nitrogen and oxygen atoms in total. The number of hydrogen-bond donors (Lipinski definition) is 0. The van der Waals surface area contributed by atoms with Crippen molar-refractivity contribution in [3.05, 3.63) is 80.6 Å². The predicted octanol–water partition coefficient (Wildman–Crippen LogP) is 4.11. The number of hydrogen-bond acceptors (Lipinski definition) is 2. The molecule has 132 valence electrons. The Labute approximate surface area is 160 Å². The van der Waals surface area contributed by atoms with Crippen LogP contribution in [0.4, 0.5) is 0 Å². The van der Waals surface area contributed by atoms with Gasteiger partial charge < -0.3 is 9.47 Å². The van der Waals surface area contributed by atoms with E-state index < -0.39 is 0 Å². The van der Waals surface area contributed by atoms with Gasteiger partial charge in [-0.1, -0.05) is 46.3 Å². The van der Waals surface area contributed by atoms with E-state index in [9.17, 15) is 9.59 Å². The molecule has 1 amide bonds. The maximum absolute atomic E-state index is 13.4. The minimum absolute atomic E-state index is 0.0682. The Balaban J connectivity index is 1.77. The quantitative estimate of drug-likeness (QED) is 0.649. The van der Waals surface area contributed by atoms with Crippen molar-refractivity contribution in [3.63, 3.8) is 0 Å². The van der Waals surface area contributed by atoms with Gasteiger partial charge in [0.25, 0.3) is 11.5 Å². The van der Waals surface area contributed by atoms with Crippen LogP contribution in [0.1, 0.15) is 28.8 Å². The molecule has 1 aromatic heterocycles. The van der Waals surface area contributed by atoms with Gasteiger partial charge in [-0.05, 0) is 36.6 Å². The zero-order valence-electron chi connectivity index (χ0n) is 14.5. The Hall–Kier alpha value is -2.40. The number of amides is 1. The van der Waals surface area contributed by atoms with E-state index >= 15 is 0 Å². The Morgan fingerprint density at radius 3 is 2.65 bits per heavy atom. The van der Waals surface area contributed by atoms with Gasteiger partial charge in [-0.3, -0.25) is 9.59 Å². The second-order valence-electron chi connectivity index (χ2n) is 6.77. The van der Waals surface area contributed by atoms with Crippen molar-refractivity contribution >= 4 is 32.7 Å². The molecule has 2 aromatic carbocycles. The highest BCUT2D eigenvalue weighted by molar-refractivity contribution is 9.10. The van der Waals surface area contributed by atoms with Crippen molar-refractivity contribution in [2.75, 3.05) is 0 Å². The lowest BCUT2D eigenvalue weighted by Crippen LogP contribution is -2.34. The average molecular weight is 411 g/mol. The lowest BCUT2D eigenvalue weighted by atomic mass is 10.1. The summed E-state index contributed by atoms with van der Waals surface area (Å²) in [4.78, 5) is 27.6. The van der Waals surface area contributed by atoms with Crippen LogP contribution in [0.25, 0.3) is 10.9 Å². The van der Waals surface area contributed by atoms with Crippen LogP contribution >= 0.6 is 15.9 Å². The summed E-state index contributed by atoms with van der Waals surface area (Å²) in [6.07, 6.45) is 2.03. The molecular weight excluding hydrogens is 392 g/mol. The normalized spacial score (nSPS) is 13.8. The van der Waals surface area contributed by atoms with E-state index in [2.05, 4.69) is 15.9 Å². The molecule has 1 heterocycles. The molecule has 4 rings (SSSR count). The molecule has 0 atom stereocenters. The van der Waals surface area contributed by atoms with Gasteiger partial charge in [0.05, 0.1) is 11.1 Å². The second kappa shape index (κ2) is 6.72. The minimum Gasteiger partial charge on any atom is -0.331 e. The Kier molecular flexibility index (Phi) is 4.41. The number of fused-ring (bicyclic) bond motifs is 1. The molecular formula is C21H19BrN2O2. The van der Waals surface area contributed by atoms with Gasteiger partial charge in [0.1, 0.15) is 0 Å². The number of carbonyl (C=O) groups is 1. The summed E-state index contributed by atoms with van der Waals surface area (Å²) < 4.78 is 2.58. The van der Waals surface area contributed by atoms with E-state index in [0.717, 1.165) is 33.8 Å². The van der Waals surface area contributed by atoms with Crippen LogP contribution in [0.15, 0.2) is 63.9 Å². The molecule has 26 heavy (non-hydrogen) atoms. The van der Waals surface area contributed by atoms with Crippen molar-refractivity contribution in [2.24, 2.45) is 7.05 Å². The number of pyridine rings is 1. The third kappa shape index (κ3) is 3.19. The highest BCUT2D eigenvalue weighted by Gasteiger charge is 2.34. The topological polar surface area (TPSA) is 42.3 Å². The zero-order valence-corrected chi connectivity index (χ0v) is 16.1. The standard InChI is InChI=1S/C21H19BrN2O2/c1-23-19-8-3-2-7-17(19)18(12-20(23)25)21(26)24(16-9-10-16)13-14-5-4-6-15(22)11-14/h2-8,11-12,16H,9-10,13H2,1H3. The van der Waals surface area contributed by atoms with Crippen LogP contribution in [-0.4, -0.2) is 21.4 Å². The first-order chi connectivity index (χ1) is 12.5. The summed E-state index contributed by atoms with van der Waals surface area (Å²) in [6.45, 7) is 0.548. The molecule has 1 fully saturated rings. The maximum Gasteiger partial charge on any atom is 0.255 e. The number of rotatable bonds is 4. The van der Waals surface area contributed by atoms with Gasteiger partial charge in [-0.2, -0.15) is 0 Å². The zero-order chi connectivity index (χ0) is 18.3. The monoisotopic (exact) mass is 410 g/mol. The Morgan fingerprint density at radius 2 is 1.92 bits per heavy atom. The van der Waals surface area contributed by atoms with Crippen molar-refractivity contribution in [3.8, 4) is 0 Å². The molecule has 0 saturated heterocycles. The molecule has 0 radical (unpaired) electrons. The van der Waals surface area contributed by atoms with Crippen LogP contribution in [-0.2, 0) is 13.6 Å². The van der Waals surface area contributed by atoms with Crippen molar-refractivity contribution in [1.29, 1.82) is 0 Å². The summed E-state index contributed by atoms with van der Waals surface area (Å²) in [6, 6.07) is 17.3. The number of aromatic nitrogens is 1. The van der Waals surface area contributed by atoms with Crippen molar-refractivity contribution < 1.29 is 4.79 Å². The van der Waals surface area contributed by atoms with Gasteiger partial charge >= 0.3 is 0 Å². The van der Waals surface area contributed by atoms with Crippen molar-refractivity contribution in [2.45, 2.75) is 25.4 Å². The molecule has 0 spiro atoms. The molecule has 3 aromatic rings. The summed E-state index contributed by atoms with van der Waals surface area (Å²) >= 11 is 3.49. The fourth-order valence-corrected chi connectivity index (χ4v) is 3.77. The molecule has 0 bridgehead atoms. The van der Waals surface area contributed by atoms with E-state index in [-0.39, 0.29) is 17.5 Å². The van der Waals surface area contributed by atoms with Gasteiger partial charge in [0.15, 0.2) is 0 Å². The number of carbonyl (C=O) groups excluding carboxylic acids is 1. The van der Waals surface area contributed by atoms with E-state index in [4.69, 9.17) is 0 Å². The third-order valence-electron chi connectivity index (χ3n) is 4.87. The molecule has 1 saturated carbocycles. The molecule has 0 N–H and O–H groups in total. The predicted molar refractivity (Wildman–Crippen MR) is 106 cm³/mol. The number of halogens is 1. The van der Waals surface area contributed by atoms with E-state index in [0.29, 0.717) is 12.1 Å². The Morgan fingerprint density at radius 1 is 1.15 bits per heavy atom. The van der Waals surface area contributed by atoms with Gasteiger partial charge in [-0.15, -0.1) is 0 Å². The number of para-hydroxylation sites is 1. The largest absolute Gasteiger partial charge is 0.331 e. The highest BCUT2D eigenvalue weighted by Crippen LogP contribution is 2.31. The van der Waals surface area contributed by atoms with Crippen LogP contribution in [0, 0.1) is 0 Å². The fourth-order valence-electron chi connectivity index (χ4n) is 3.33. The van der Waals surface area contributed by atoms with Crippen LogP contribution in [0.5, 0.6) is 0 Å². The van der Waals surface area contributed by atoms with E-state index in [1.807, 2.05) is 53.4 Å². The highest BCUT2D eigenvalue weighted by atomic mass is 79.9. The average Bonchev–Trinajstić information content (AvgIpc) is 3.47. The van der Waals surface area contributed by atoms with Gasteiger partial charge in [-0.25, -0.2) is 0 Å². The molecule has 0 unspecified atom stereocenters. The van der Waals surface area contributed by atoms with Gasteiger partial charge in [0, 0.05) is 35.6 Å². The first kappa shape index (κ1) is 17.0. The summed E-state index contributed by atoms with van der Waals surface area (Å²) in [5, 5.41) is 0.819. The van der Waals surface area contributed by atoms with Crippen LogP contribution in [0.3, 0.4) is 0 Å². The number of benzene rings is 2. The summed E-state index contributed by atoms with van der Waals surface area (Å²) in [5.41, 5.74) is 2.19. The molecule has 1 aliphatic rings. The van der Waals surface area contributed by atoms with Crippen molar-refractivity contribution in [1.82, 2.24) is 9.47 Å². The molecule has 0 aliphatic heterocycles. The van der Waals surface area contributed by atoms with E-state index in [1.165, 1.54) is 6.07 Å².